The molecule has 0 bridgehead atoms. The van der Waals surface area contributed by atoms with Crippen molar-refractivity contribution < 1.29 is 4.39 Å². The average Bonchev–Trinajstić information content (AvgIpc) is 2.37. The van der Waals surface area contributed by atoms with Gasteiger partial charge in [-0.1, -0.05) is 24.3 Å². The van der Waals surface area contributed by atoms with Crippen LogP contribution < -0.4 is 5.73 Å². The van der Waals surface area contributed by atoms with E-state index in [0.717, 1.165) is 18.4 Å². The van der Waals surface area contributed by atoms with Crippen molar-refractivity contribution >= 4 is 0 Å². The highest BCUT2D eigenvalue weighted by Crippen LogP contribution is 2.18. The monoisotopic (exact) mass is 244 g/mol. The van der Waals surface area contributed by atoms with Crippen molar-refractivity contribution in [2.24, 2.45) is 5.73 Å². The number of nitrogens with zero attached hydrogens (tertiary/aromatic N) is 1. The van der Waals surface area contributed by atoms with Crippen LogP contribution in [0.4, 0.5) is 4.39 Å². The Morgan fingerprint density at radius 2 is 2.06 bits per heavy atom. The molecule has 2 rings (SSSR count). The molecule has 0 spiro atoms. The second-order valence-electron chi connectivity index (χ2n) is 4.51. The SMILES string of the molecule is Cc1ccccc1CCC(N)c1cncc(F)c1. The predicted molar refractivity (Wildman–Crippen MR) is 70.6 cm³/mol. The first-order chi connectivity index (χ1) is 8.66. The van der Waals surface area contributed by atoms with Gasteiger partial charge in [0.25, 0.3) is 0 Å². The summed E-state index contributed by atoms with van der Waals surface area (Å²) in [5, 5.41) is 0. The summed E-state index contributed by atoms with van der Waals surface area (Å²) in [5.41, 5.74) is 9.36. The van der Waals surface area contributed by atoms with Gasteiger partial charge in [0.05, 0.1) is 6.20 Å². The molecule has 2 N–H and O–H groups in total. The highest BCUT2D eigenvalue weighted by Gasteiger charge is 2.08. The quantitative estimate of drug-likeness (QED) is 0.897. The number of hydrogen-bond acceptors (Lipinski definition) is 2. The van der Waals surface area contributed by atoms with Crippen LogP contribution in [0.2, 0.25) is 0 Å². The number of halogens is 1. The fraction of sp³-hybridized carbons (Fsp3) is 0.267. The number of aryl methyl sites for hydroxylation is 2. The molecule has 0 radical (unpaired) electrons. The summed E-state index contributed by atoms with van der Waals surface area (Å²) in [4.78, 5) is 3.82. The Hall–Kier alpha value is -1.74. The number of rotatable bonds is 4. The minimum absolute atomic E-state index is 0.173. The lowest BCUT2D eigenvalue weighted by atomic mass is 9.98. The summed E-state index contributed by atoms with van der Waals surface area (Å²) in [6, 6.07) is 9.52. The molecule has 3 heteroatoms. The molecule has 18 heavy (non-hydrogen) atoms. The molecule has 0 aliphatic rings. The maximum Gasteiger partial charge on any atom is 0.141 e. The summed E-state index contributed by atoms with van der Waals surface area (Å²) in [6.07, 6.45) is 4.50. The summed E-state index contributed by atoms with van der Waals surface area (Å²) < 4.78 is 13.0. The largest absolute Gasteiger partial charge is 0.324 e. The average molecular weight is 244 g/mol. The second kappa shape index (κ2) is 5.74. The lowest BCUT2D eigenvalue weighted by Gasteiger charge is -2.12. The fourth-order valence-electron chi connectivity index (χ4n) is 2.00. The molecule has 1 aromatic heterocycles. The molecule has 0 fully saturated rings. The predicted octanol–water partition coefficient (Wildman–Crippen LogP) is 3.16. The van der Waals surface area contributed by atoms with Crippen LogP contribution in [0.5, 0.6) is 0 Å². The van der Waals surface area contributed by atoms with Crippen LogP contribution in [-0.4, -0.2) is 4.98 Å². The van der Waals surface area contributed by atoms with E-state index in [4.69, 9.17) is 5.73 Å². The Morgan fingerprint density at radius 1 is 1.28 bits per heavy atom. The Labute approximate surface area is 107 Å². The van der Waals surface area contributed by atoms with Gasteiger partial charge in [-0.3, -0.25) is 4.98 Å². The van der Waals surface area contributed by atoms with Gasteiger partial charge in [-0.2, -0.15) is 0 Å². The Morgan fingerprint density at radius 3 is 2.78 bits per heavy atom. The van der Waals surface area contributed by atoms with Crippen LogP contribution in [-0.2, 0) is 6.42 Å². The van der Waals surface area contributed by atoms with Gasteiger partial charge in [0, 0.05) is 12.2 Å². The van der Waals surface area contributed by atoms with E-state index in [9.17, 15) is 4.39 Å². The standard InChI is InChI=1S/C15H17FN2/c1-11-4-2-3-5-12(11)6-7-15(17)13-8-14(16)10-18-9-13/h2-5,8-10,15H,6-7,17H2,1H3. The van der Waals surface area contributed by atoms with E-state index in [1.54, 1.807) is 6.20 Å². The van der Waals surface area contributed by atoms with Crippen molar-refractivity contribution in [1.29, 1.82) is 0 Å². The van der Waals surface area contributed by atoms with Crippen molar-refractivity contribution in [2.75, 3.05) is 0 Å². The van der Waals surface area contributed by atoms with E-state index in [1.165, 1.54) is 23.4 Å². The lowest BCUT2D eigenvalue weighted by Crippen LogP contribution is -2.12. The first-order valence-electron chi connectivity index (χ1n) is 6.07. The van der Waals surface area contributed by atoms with Crippen LogP contribution in [0.1, 0.15) is 29.2 Å². The van der Waals surface area contributed by atoms with Gasteiger partial charge in [0.15, 0.2) is 0 Å². The van der Waals surface area contributed by atoms with Crippen LogP contribution in [0, 0.1) is 12.7 Å². The van der Waals surface area contributed by atoms with Crippen molar-refractivity contribution in [2.45, 2.75) is 25.8 Å². The van der Waals surface area contributed by atoms with E-state index in [-0.39, 0.29) is 11.9 Å². The number of pyridine rings is 1. The summed E-state index contributed by atoms with van der Waals surface area (Å²) >= 11 is 0. The van der Waals surface area contributed by atoms with Crippen LogP contribution in [0.15, 0.2) is 42.7 Å². The van der Waals surface area contributed by atoms with Gasteiger partial charge >= 0.3 is 0 Å². The summed E-state index contributed by atoms with van der Waals surface area (Å²) in [5.74, 6) is -0.334. The molecular formula is C15H17FN2. The van der Waals surface area contributed by atoms with Gasteiger partial charge in [-0.15, -0.1) is 0 Å². The first-order valence-corrected chi connectivity index (χ1v) is 6.07. The maximum atomic E-state index is 13.0. The van der Waals surface area contributed by atoms with Gasteiger partial charge in [-0.05, 0) is 42.5 Å². The molecule has 2 nitrogen and oxygen atoms in total. The van der Waals surface area contributed by atoms with Crippen molar-refractivity contribution in [3.63, 3.8) is 0 Å². The topological polar surface area (TPSA) is 38.9 Å². The van der Waals surface area contributed by atoms with Crippen molar-refractivity contribution in [3.8, 4) is 0 Å². The molecule has 1 atom stereocenters. The zero-order valence-electron chi connectivity index (χ0n) is 10.4. The third-order valence-corrected chi connectivity index (χ3v) is 3.14. The lowest BCUT2D eigenvalue weighted by molar-refractivity contribution is 0.601. The van der Waals surface area contributed by atoms with Crippen LogP contribution in [0.25, 0.3) is 0 Å². The van der Waals surface area contributed by atoms with Crippen LogP contribution >= 0.6 is 0 Å². The molecular weight excluding hydrogens is 227 g/mol. The van der Waals surface area contributed by atoms with Crippen molar-refractivity contribution in [1.82, 2.24) is 4.98 Å². The second-order valence-corrected chi connectivity index (χ2v) is 4.51. The van der Waals surface area contributed by atoms with E-state index in [2.05, 4.69) is 24.0 Å². The zero-order valence-corrected chi connectivity index (χ0v) is 10.4. The molecule has 1 unspecified atom stereocenters. The Balaban J connectivity index is 2.00. The van der Waals surface area contributed by atoms with E-state index < -0.39 is 0 Å². The maximum absolute atomic E-state index is 13.0. The summed E-state index contributed by atoms with van der Waals surface area (Å²) in [6.45, 7) is 2.09. The number of nitrogens with two attached hydrogens (primary N) is 1. The van der Waals surface area contributed by atoms with E-state index in [0.29, 0.717) is 0 Å². The van der Waals surface area contributed by atoms with Gasteiger partial charge in [-0.25, -0.2) is 4.39 Å². The third kappa shape index (κ3) is 3.14. The molecule has 1 aromatic carbocycles. The van der Waals surface area contributed by atoms with E-state index >= 15 is 0 Å². The highest BCUT2D eigenvalue weighted by molar-refractivity contribution is 5.26. The van der Waals surface area contributed by atoms with Crippen LogP contribution in [0.3, 0.4) is 0 Å². The molecule has 0 aliphatic carbocycles. The Kier molecular flexibility index (Phi) is 4.05. The zero-order chi connectivity index (χ0) is 13.0. The normalized spacial score (nSPS) is 12.4. The smallest absolute Gasteiger partial charge is 0.141 e. The molecule has 2 aromatic rings. The highest BCUT2D eigenvalue weighted by atomic mass is 19.1. The summed E-state index contributed by atoms with van der Waals surface area (Å²) in [7, 11) is 0. The molecule has 0 saturated carbocycles. The van der Waals surface area contributed by atoms with E-state index in [1.807, 2.05) is 12.1 Å². The van der Waals surface area contributed by atoms with Gasteiger partial charge in [0.2, 0.25) is 0 Å². The fourth-order valence-corrected chi connectivity index (χ4v) is 2.00. The minimum Gasteiger partial charge on any atom is -0.324 e. The third-order valence-electron chi connectivity index (χ3n) is 3.14. The molecule has 94 valence electrons. The minimum atomic E-state index is -0.334. The first kappa shape index (κ1) is 12.7. The molecule has 0 aliphatic heterocycles. The Bertz CT molecular complexity index is 525. The number of hydrogen-bond donors (Lipinski definition) is 1. The van der Waals surface area contributed by atoms with Gasteiger partial charge in [0.1, 0.15) is 5.82 Å². The molecule has 0 amide bonds. The molecule has 0 saturated heterocycles. The number of aromatic nitrogens is 1. The molecule has 1 heterocycles. The van der Waals surface area contributed by atoms with Crippen molar-refractivity contribution in [3.05, 3.63) is 65.2 Å². The number of benzene rings is 1. The van der Waals surface area contributed by atoms with Gasteiger partial charge < -0.3 is 5.73 Å².